The van der Waals surface area contributed by atoms with Crippen molar-refractivity contribution < 1.29 is 4.48 Å². The molecule has 0 aromatic carbocycles. The summed E-state index contributed by atoms with van der Waals surface area (Å²) in [4.78, 5) is 0. The molecule has 0 aliphatic carbocycles. The van der Waals surface area contributed by atoms with Crippen molar-refractivity contribution in [2.75, 3.05) is 52.4 Å². The Labute approximate surface area is 91.5 Å². The zero-order chi connectivity index (χ0) is 10.8. The smallest absolute Gasteiger partial charge is 0.0415 e. The van der Waals surface area contributed by atoms with E-state index in [9.17, 15) is 4.48 Å². The van der Waals surface area contributed by atoms with Gasteiger partial charge >= 0.3 is 0 Å². The Kier molecular flexibility index (Phi) is 7.73. The van der Waals surface area contributed by atoms with Gasteiger partial charge in [0.2, 0.25) is 0 Å². The van der Waals surface area contributed by atoms with Crippen LogP contribution in [-0.2, 0) is 0 Å². The minimum absolute atomic E-state index is 0.493. The molecule has 1 rings (SSSR count). The molecule has 0 spiro atoms. The predicted octanol–water partition coefficient (Wildman–Crippen LogP) is -0.264. The van der Waals surface area contributed by atoms with Crippen LogP contribution in [0.25, 0.3) is 0 Å². The minimum Gasteiger partial charge on any atom is -0.315 e. The number of nitrogens with zero attached hydrogens (tertiary/aromatic N) is 1. The normalized spacial score (nSPS) is 24.6. The Hall–Kier alpha value is -0.230. The summed E-state index contributed by atoms with van der Waals surface area (Å²) in [6.07, 6.45) is 1.97. The number of nitrogens with one attached hydrogen (secondary N) is 3. The minimum atomic E-state index is 0.493. The molecule has 1 fully saturated rings. The van der Waals surface area contributed by atoms with E-state index in [1.807, 2.05) is 0 Å². The largest absolute Gasteiger partial charge is 0.315 e. The number of halogens is 1. The van der Waals surface area contributed by atoms with Gasteiger partial charge in [0.05, 0.1) is 0 Å². The first-order valence-electron chi connectivity index (χ1n) is 5.92. The summed E-state index contributed by atoms with van der Waals surface area (Å²) >= 11 is 0. The van der Waals surface area contributed by atoms with Crippen LogP contribution in [0.3, 0.4) is 0 Å². The van der Waals surface area contributed by atoms with Crippen molar-refractivity contribution in [1.82, 2.24) is 21.1 Å². The van der Waals surface area contributed by atoms with Crippen LogP contribution in [0.15, 0.2) is 0 Å². The summed E-state index contributed by atoms with van der Waals surface area (Å²) in [7, 11) is 0. The fourth-order valence-corrected chi connectivity index (χ4v) is 1.58. The molecular weight excluding hydrogens is 195 g/mol. The highest BCUT2D eigenvalue weighted by atomic mass is 19.2. The molecule has 0 atom stereocenters. The van der Waals surface area contributed by atoms with Gasteiger partial charge < -0.3 is 16.0 Å². The van der Waals surface area contributed by atoms with Gasteiger partial charge in [-0.3, -0.25) is 0 Å². The van der Waals surface area contributed by atoms with Gasteiger partial charge in [0.15, 0.2) is 0 Å². The summed E-state index contributed by atoms with van der Waals surface area (Å²) < 4.78 is 13.1. The maximum Gasteiger partial charge on any atom is 0.0415 e. The molecule has 1 heterocycles. The fourth-order valence-electron chi connectivity index (χ4n) is 1.58. The summed E-state index contributed by atoms with van der Waals surface area (Å²) in [6.45, 7) is 6.64. The van der Waals surface area contributed by atoms with Crippen molar-refractivity contribution in [2.45, 2.75) is 12.8 Å². The summed E-state index contributed by atoms with van der Waals surface area (Å²) in [5.41, 5.74) is 0. The van der Waals surface area contributed by atoms with Gasteiger partial charge in [-0.05, 0) is 32.5 Å². The number of hydrogen-bond donors (Lipinski definition) is 3. The first-order chi connectivity index (χ1) is 7.39. The van der Waals surface area contributed by atoms with Crippen LogP contribution in [0.2, 0.25) is 0 Å². The van der Waals surface area contributed by atoms with Crippen LogP contribution in [0.1, 0.15) is 12.8 Å². The number of hydrogen-bond acceptors (Lipinski definition) is 4. The molecule has 0 bridgehead atoms. The van der Waals surface area contributed by atoms with E-state index in [1.165, 1.54) is 0 Å². The molecule has 0 unspecified atom stereocenters. The average molecular weight is 218 g/mol. The van der Waals surface area contributed by atoms with E-state index < -0.39 is 0 Å². The van der Waals surface area contributed by atoms with Gasteiger partial charge in [-0.15, -0.1) is 9.60 Å². The Morgan fingerprint density at radius 1 is 0.667 bits per heavy atom. The van der Waals surface area contributed by atoms with Gasteiger partial charge in [0.25, 0.3) is 0 Å². The quantitative estimate of drug-likeness (QED) is 0.490. The maximum atomic E-state index is 13.1. The average Bonchev–Trinajstić information content (AvgIpc) is 2.24. The highest BCUT2D eigenvalue weighted by Gasteiger charge is 2.01. The summed E-state index contributed by atoms with van der Waals surface area (Å²) in [5.74, 6) is 0. The molecule has 0 aromatic rings. The van der Waals surface area contributed by atoms with Gasteiger partial charge in [0, 0.05) is 32.7 Å². The molecule has 4 nitrogen and oxygen atoms in total. The van der Waals surface area contributed by atoms with E-state index in [-0.39, 0.29) is 0 Å². The van der Waals surface area contributed by atoms with Crippen molar-refractivity contribution in [1.29, 1.82) is 0 Å². The predicted molar refractivity (Wildman–Crippen MR) is 60.5 cm³/mol. The molecule has 1 aliphatic rings. The van der Waals surface area contributed by atoms with Gasteiger partial charge in [-0.25, -0.2) is 0 Å². The Morgan fingerprint density at radius 3 is 2.00 bits per heavy atom. The summed E-state index contributed by atoms with van der Waals surface area (Å²) in [5, 5.41) is 10.8. The van der Waals surface area contributed by atoms with Crippen LogP contribution in [0, 0.1) is 0 Å². The van der Waals surface area contributed by atoms with E-state index in [4.69, 9.17) is 0 Å². The number of rotatable bonds is 0. The zero-order valence-electron chi connectivity index (χ0n) is 9.40. The van der Waals surface area contributed by atoms with E-state index in [2.05, 4.69) is 16.0 Å². The second-order valence-corrected chi connectivity index (χ2v) is 3.87. The van der Waals surface area contributed by atoms with Crippen molar-refractivity contribution in [3.05, 3.63) is 0 Å². The third kappa shape index (κ3) is 7.67. The molecule has 15 heavy (non-hydrogen) atoms. The maximum absolute atomic E-state index is 13.1. The van der Waals surface area contributed by atoms with Crippen LogP contribution in [0.4, 0.5) is 4.48 Å². The topological polar surface area (TPSA) is 39.3 Å². The third-order valence-corrected chi connectivity index (χ3v) is 2.47. The van der Waals surface area contributed by atoms with E-state index >= 15 is 0 Å². The Bertz CT molecular complexity index is 131. The van der Waals surface area contributed by atoms with Gasteiger partial charge in [0.1, 0.15) is 0 Å². The lowest BCUT2D eigenvalue weighted by molar-refractivity contribution is 0.0258. The highest BCUT2D eigenvalue weighted by Crippen LogP contribution is 1.90. The molecule has 0 saturated carbocycles. The second-order valence-electron chi connectivity index (χ2n) is 3.87. The monoisotopic (exact) mass is 218 g/mol. The lowest BCUT2D eigenvalue weighted by Crippen LogP contribution is -2.34. The van der Waals surface area contributed by atoms with Crippen molar-refractivity contribution in [2.24, 2.45) is 0 Å². The molecule has 0 aromatic heterocycles. The van der Waals surface area contributed by atoms with Gasteiger partial charge in [-0.2, -0.15) is 0 Å². The van der Waals surface area contributed by atoms with E-state index in [0.717, 1.165) is 57.2 Å². The molecule has 3 N–H and O–H groups in total. The molecule has 0 amide bonds. The SMILES string of the molecule is FN1CCCNCCNCCCNCC1. The molecular formula is C10H23FN4. The van der Waals surface area contributed by atoms with Crippen LogP contribution in [-0.4, -0.2) is 57.5 Å². The zero-order valence-corrected chi connectivity index (χ0v) is 9.40. The molecule has 90 valence electrons. The Balaban J connectivity index is 2.10. The van der Waals surface area contributed by atoms with Crippen LogP contribution >= 0.6 is 0 Å². The lowest BCUT2D eigenvalue weighted by atomic mass is 10.3. The molecule has 1 aliphatic heterocycles. The van der Waals surface area contributed by atoms with Crippen LogP contribution in [0.5, 0.6) is 0 Å². The first-order valence-corrected chi connectivity index (χ1v) is 5.92. The first kappa shape index (κ1) is 12.8. The fraction of sp³-hybridized carbons (Fsp3) is 1.00. The van der Waals surface area contributed by atoms with Crippen LogP contribution < -0.4 is 16.0 Å². The van der Waals surface area contributed by atoms with Gasteiger partial charge in [-0.1, -0.05) is 0 Å². The second kappa shape index (κ2) is 9.03. The lowest BCUT2D eigenvalue weighted by Gasteiger charge is -2.14. The third-order valence-electron chi connectivity index (χ3n) is 2.47. The highest BCUT2D eigenvalue weighted by molar-refractivity contribution is 4.58. The Morgan fingerprint density at radius 2 is 1.27 bits per heavy atom. The standard InChI is InChI=1S/C10H23FN4/c11-15-9-2-5-13-7-6-12-3-1-4-14-8-10-15/h12-14H,1-10H2. The van der Waals surface area contributed by atoms with Crippen molar-refractivity contribution in [3.8, 4) is 0 Å². The van der Waals surface area contributed by atoms with Crippen molar-refractivity contribution in [3.63, 3.8) is 0 Å². The van der Waals surface area contributed by atoms with E-state index in [1.54, 1.807) is 0 Å². The molecule has 5 heteroatoms. The summed E-state index contributed by atoms with van der Waals surface area (Å²) in [6, 6.07) is 0. The van der Waals surface area contributed by atoms with E-state index in [0.29, 0.717) is 13.1 Å². The van der Waals surface area contributed by atoms with Crippen molar-refractivity contribution >= 4 is 0 Å². The molecule has 0 radical (unpaired) electrons. The molecule has 1 saturated heterocycles.